The van der Waals surface area contributed by atoms with Crippen molar-refractivity contribution in [2.75, 3.05) is 31.1 Å². The Hall–Kier alpha value is -2.89. The molecule has 6 heteroatoms. The molecular formula is C19H21N3O3. The Balaban J connectivity index is 1.72. The van der Waals surface area contributed by atoms with Crippen LogP contribution in [0.1, 0.15) is 21.5 Å². The number of nitro groups is 1. The summed E-state index contributed by atoms with van der Waals surface area (Å²) in [7, 11) is 0. The molecule has 0 saturated carbocycles. The van der Waals surface area contributed by atoms with E-state index in [-0.39, 0.29) is 11.6 Å². The molecule has 2 aromatic carbocycles. The van der Waals surface area contributed by atoms with E-state index in [1.54, 1.807) is 24.0 Å². The highest BCUT2D eigenvalue weighted by Crippen LogP contribution is 2.23. The summed E-state index contributed by atoms with van der Waals surface area (Å²) in [6.07, 6.45) is 0. The third-order valence-electron chi connectivity index (χ3n) is 4.67. The maximum atomic E-state index is 12.8. The third kappa shape index (κ3) is 3.47. The maximum absolute atomic E-state index is 12.8. The average Bonchev–Trinajstić information content (AvgIpc) is 2.61. The van der Waals surface area contributed by atoms with E-state index >= 15 is 0 Å². The molecule has 1 fully saturated rings. The zero-order valence-electron chi connectivity index (χ0n) is 14.4. The van der Waals surface area contributed by atoms with Crippen LogP contribution in [0.3, 0.4) is 0 Å². The summed E-state index contributed by atoms with van der Waals surface area (Å²) in [5.41, 5.74) is 3.21. The molecule has 0 aromatic heterocycles. The van der Waals surface area contributed by atoms with Crippen LogP contribution in [0, 0.1) is 24.0 Å². The highest BCUT2D eigenvalue weighted by Gasteiger charge is 2.25. The molecule has 0 unspecified atom stereocenters. The molecule has 0 N–H and O–H groups in total. The fourth-order valence-electron chi connectivity index (χ4n) is 3.22. The Bertz CT molecular complexity index is 811. The molecule has 3 rings (SSSR count). The number of nitrogens with zero attached hydrogens (tertiary/aromatic N) is 3. The predicted octanol–water partition coefficient (Wildman–Crippen LogP) is 3.17. The normalized spacial score (nSPS) is 14.5. The van der Waals surface area contributed by atoms with Gasteiger partial charge in [-0.1, -0.05) is 18.2 Å². The summed E-state index contributed by atoms with van der Waals surface area (Å²) in [6.45, 7) is 6.42. The van der Waals surface area contributed by atoms with Crippen molar-refractivity contribution in [3.63, 3.8) is 0 Å². The minimum Gasteiger partial charge on any atom is -0.368 e. The molecule has 1 saturated heterocycles. The molecule has 25 heavy (non-hydrogen) atoms. The van der Waals surface area contributed by atoms with Gasteiger partial charge in [-0.15, -0.1) is 0 Å². The van der Waals surface area contributed by atoms with E-state index in [1.807, 2.05) is 6.07 Å². The van der Waals surface area contributed by atoms with Crippen molar-refractivity contribution in [2.45, 2.75) is 13.8 Å². The molecule has 1 aliphatic rings. The van der Waals surface area contributed by atoms with Crippen molar-refractivity contribution in [1.29, 1.82) is 0 Å². The van der Waals surface area contributed by atoms with Crippen molar-refractivity contribution in [3.8, 4) is 0 Å². The fourth-order valence-corrected chi connectivity index (χ4v) is 3.22. The number of piperazine rings is 1. The monoisotopic (exact) mass is 339 g/mol. The number of nitro benzene ring substituents is 1. The van der Waals surface area contributed by atoms with Crippen LogP contribution in [0.4, 0.5) is 11.4 Å². The van der Waals surface area contributed by atoms with Crippen molar-refractivity contribution in [1.82, 2.24) is 4.90 Å². The van der Waals surface area contributed by atoms with Crippen molar-refractivity contribution in [2.24, 2.45) is 0 Å². The SMILES string of the molecule is Cc1cccc(N2CCN(C(=O)c3cccc([N+](=O)[O-])c3C)CC2)c1. The average molecular weight is 339 g/mol. The summed E-state index contributed by atoms with van der Waals surface area (Å²) in [5, 5.41) is 11.1. The standard InChI is InChI=1S/C19H21N3O3/c1-14-5-3-6-16(13-14)20-9-11-21(12-10-20)19(23)17-7-4-8-18(15(17)2)22(24)25/h3-8,13H,9-12H2,1-2H3. The lowest BCUT2D eigenvalue weighted by Gasteiger charge is -2.36. The quantitative estimate of drug-likeness (QED) is 0.636. The topological polar surface area (TPSA) is 66.7 Å². The highest BCUT2D eigenvalue weighted by atomic mass is 16.6. The van der Waals surface area contributed by atoms with Gasteiger partial charge in [0, 0.05) is 49.1 Å². The van der Waals surface area contributed by atoms with E-state index < -0.39 is 4.92 Å². The van der Waals surface area contributed by atoms with E-state index in [2.05, 4.69) is 30.0 Å². The number of benzene rings is 2. The predicted molar refractivity (Wildman–Crippen MR) is 97.1 cm³/mol. The molecule has 0 spiro atoms. The number of anilines is 1. The Morgan fingerprint density at radius 1 is 1.04 bits per heavy atom. The van der Waals surface area contributed by atoms with Gasteiger partial charge in [-0.25, -0.2) is 0 Å². The Kier molecular flexibility index (Phi) is 4.70. The van der Waals surface area contributed by atoms with Gasteiger partial charge in [0.2, 0.25) is 0 Å². The van der Waals surface area contributed by atoms with Crippen LogP contribution in [-0.2, 0) is 0 Å². The van der Waals surface area contributed by atoms with Crippen LogP contribution in [-0.4, -0.2) is 41.9 Å². The molecule has 130 valence electrons. The molecular weight excluding hydrogens is 318 g/mol. The molecule has 0 radical (unpaired) electrons. The molecule has 6 nitrogen and oxygen atoms in total. The number of carbonyl (C=O) groups excluding carboxylic acids is 1. The van der Waals surface area contributed by atoms with Crippen LogP contribution in [0.2, 0.25) is 0 Å². The molecule has 0 bridgehead atoms. The van der Waals surface area contributed by atoms with Crippen molar-refractivity contribution >= 4 is 17.3 Å². The van der Waals surface area contributed by atoms with Crippen LogP contribution in [0.25, 0.3) is 0 Å². The second-order valence-corrected chi connectivity index (χ2v) is 6.33. The first-order valence-electron chi connectivity index (χ1n) is 8.32. The van der Waals surface area contributed by atoms with Gasteiger partial charge in [-0.05, 0) is 37.6 Å². The summed E-state index contributed by atoms with van der Waals surface area (Å²) >= 11 is 0. The smallest absolute Gasteiger partial charge is 0.273 e. The van der Waals surface area contributed by atoms with E-state index in [9.17, 15) is 14.9 Å². The van der Waals surface area contributed by atoms with Gasteiger partial charge in [-0.2, -0.15) is 0 Å². The first kappa shape index (κ1) is 17.0. The van der Waals surface area contributed by atoms with Crippen LogP contribution in [0.5, 0.6) is 0 Å². The fraction of sp³-hybridized carbons (Fsp3) is 0.316. The van der Waals surface area contributed by atoms with Gasteiger partial charge < -0.3 is 9.80 Å². The molecule has 0 atom stereocenters. The number of aryl methyl sites for hydroxylation is 1. The third-order valence-corrected chi connectivity index (χ3v) is 4.67. The maximum Gasteiger partial charge on any atom is 0.273 e. The Labute approximate surface area is 146 Å². The second-order valence-electron chi connectivity index (χ2n) is 6.33. The van der Waals surface area contributed by atoms with Crippen LogP contribution in [0.15, 0.2) is 42.5 Å². The van der Waals surface area contributed by atoms with Gasteiger partial charge in [-0.3, -0.25) is 14.9 Å². The number of hydrogen-bond donors (Lipinski definition) is 0. The van der Waals surface area contributed by atoms with E-state index in [0.717, 1.165) is 13.1 Å². The summed E-state index contributed by atoms with van der Waals surface area (Å²) in [5.74, 6) is -0.134. The first-order chi connectivity index (χ1) is 12.0. The van der Waals surface area contributed by atoms with Gasteiger partial charge in [0.05, 0.1) is 4.92 Å². The largest absolute Gasteiger partial charge is 0.368 e. The van der Waals surface area contributed by atoms with Gasteiger partial charge in [0.1, 0.15) is 0 Å². The summed E-state index contributed by atoms with van der Waals surface area (Å²) < 4.78 is 0. The summed E-state index contributed by atoms with van der Waals surface area (Å²) in [6, 6.07) is 13.0. The van der Waals surface area contributed by atoms with Crippen molar-refractivity contribution < 1.29 is 9.72 Å². The lowest BCUT2D eigenvalue weighted by Crippen LogP contribution is -2.49. The van der Waals surface area contributed by atoms with E-state index in [0.29, 0.717) is 24.2 Å². The minimum atomic E-state index is -0.443. The highest BCUT2D eigenvalue weighted by molar-refractivity contribution is 5.96. The molecule has 1 aliphatic heterocycles. The zero-order chi connectivity index (χ0) is 18.0. The molecule has 0 aliphatic carbocycles. The number of carbonyl (C=O) groups is 1. The summed E-state index contributed by atoms with van der Waals surface area (Å²) in [4.78, 5) is 27.4. The second kappa shape index (κ2) is 6.93. The van der Waals surface area contributed by atoms with Gasteiger partial charge in [0.15, 0.2) is 0 Å². The number of hydrogen-bond acceptors (Lipinski definition) is 4. The molecule has 2 aromatic rings. The van der Waals surface area contributed by atoms with E-state index in [1.165, 1.54) is 17.3 Å². The molecule has 1 amide bonds. The number of rotatable bonds is 3. The zero-order valence-corrected chi connectivity index (χ0v) is 14.4. The van der Waals surface area contributed by atoms with Crippen molar-refractivity contribution in [3.05, 3.63) is 69.3 Å². The Morgan fingerprint density at radius 2 is 1.72 bits per heavy atom. The van der Waals surface area contributed by atoms with Gasteiger partial charge in [0.25, 0.3) is 11.6 Å². The first-order valence-corrected chi connectivity index (χ1v) is 8.32. The number of amides is 1. The van der Waals surface area contributed by atoms with E-state index in [4.69, 9.17) is 0 Å². The Morgan fingerprint density at radius 3 is 2.36 bits per heavy atom. The van der Waals surface area contributed by atoms with Crippen LogP contribution < -0.4 is 4.90 Å². The van der Waals surface area contributed by atoms with Crippen LogP contribution >= 0.6 is 0 Å². The molecule has 1 heterocycles. The minimum absolute atomic E-state index is 0.00996. The lowest BCUT2D eigenvalue weighted by atomic mass is 10.1. The lowest BCUT2D eigenvalue weighted by molar-refractivity contribution is -0.385. The van der Waals surface area contributed by atoms with Gasteiger partial charge >= 0.3 is 0 Å².